The number of rotatable bonds is 3. The van der Waals surface area contributed by atoms with Crippen LogP contribution in [-0.4, -0.2) is 18.2 Å². The molecule has 17 heavy (non-hydrogen) atoms. The Morgan fingerprint density at radius 1 is 1.35 bits per heavy atom. The van der Waals surface area contributed by atoms with Gasteiger partial charge in [0.1, 0.15) is 5.75 Å². The largest absolute Gasteiger partial charge is 0.508 e. The van der Waals surface area contributed by atoms with Crippen molar-refractivity contribution >= 4 is 5.97 Å². The third-order valence-corrected chi connectivity index (χ3v) is 2.47. The summed E-state index contributed by atoms with van der Waals surface area (Å²) in [7, 11) is 1.37. The van der Waals surface area contributed by atoms with Gasteiger partial charge in [-0.05, 0) is 30.5 Å². The lowest BCUT2D eigenvalue weighted by atomic mass is 10.1. The Kier molecular flexibility index (Phi) is 5.53. The predicted molar refractivity (Wildman–Crippen MR) is 67.0 cm³/mol. The molecule has 0 unspecified atom stereocenters. The van der Waals surface area contributed by atoms with E-state index in [1.807, 2.05) is 19.1 Å². The Labute approximate surface area is 102 Å². The molecule has 0 saturated heterocycles. The lowest BCUT2D eigenvalue weighted by molar-refractivity contribution is -0.140. The molecule has 3 nitrogen and oxygen atoms in total. The predicted octanol–water partition coefficient (Wildman–Crippen LogP) is 2.98. The summed E-state index contributed by atoms with van der Waals surface area (Å²) in [6, 6.07) is 5.41. The van der Waals surface area contributed by atoms with Crippen molar-refractivity contribution in [1.82, 2.24) is 0 Å². The summed E-state index contributed by atoms with van der Waals surface area (Å²) in [6.07, 6.45) is 5.44. The maximum Gasteiger partial charge on any atom is 0.305 e. The zero-order valence-electron chi connectivity index (χ0n) is 10.5. The summed E-state index contributed by atoms with van der Waals surface area (Å²) in [5.74, 6) is 0.0393. The van der Waals surface area contributed by atoms with Crippen LogP contribution in [-0.2, 0) is 16.0 Å². The third-order valence-electron chi connectivity index (χ3n) is 2.47. The number of hydrogen-bond donors (Lipinski definition) is 1. The SMILES string of the molecule is C1CC1.COC(=O)CCc1ccc(C)c(O)c1. The number of aryl methyl sites for hydroxylation is 2. The highest BCUT2D eigenvalue weighted by atomic mass is 16.5. The topological polar surface area (TPSA) is 46.5 Å². The van der Waals surface area contributed by atoms with E-state index in [0.29, 0.717) is 12.8 Å². The Bertz CT molecular complexity index is 367. The first-order valence-corrected chi connectivity index (χ1v) is 5.99. The minimum absolute atomic E-state index is 0.231. The molecule has 0 radical (unpaired) electrons. The zero-order valence-corrected chi connectivity index (χ0v) is 10.5. The van der Waals surface area contributed by atoms with E-state index in [1.54, 1.807) is 6.07 Å². The molecule has 1 aromatic rings. The minimum atomic E-state index is -0.231. The first-order chi connectivity index (χ1) is 8.13. The average molecular weight is 236 g/mol. The van der Waals surface area contributed by atoms with Crippen molar-refractivity contribution in [3.05, 3.63) is 29.3 Å². The van der Waals surface area contributed by atoms with Crippen LogP contribution in [0.4, 0.5) is 0 Å². The van der Waals surface area contributed by atoms with Crippen LogP contribution >= 0.6 is 0 Å². The molecule has 0 amide bonds. The maximum atomic E-state index is 10.9. The molecule has 2 rings (SSSR count). The van der Waals surface area contributed by atoms with E-state index in [-0.39, 0.29) is 11.7 Å². The number of ether oxygens (including phenoxy) is 1. The molecule has 1 fully saturated rings. The van der Waals surface area contributed by atoms with Gasteiger partial charge in [0, 0.05) is 6.42 Å². The molecule has 1 aliphatic carbocycles. The van der Waals surface area contributed by atoms with Gasteiger partial charge in [-0.15, -0.1) is 0 Å². The molecule has 1 aromatic carbocycles. The number of aromatic hydroxyl groups is 1. The van der Waals surface area contributed by atoms with Crippen molar-refractivity contribution in [2.75, 3.05) is 7.11 Å². The summed E-state index contributed by atoms with van der Waals surface area (Å²) in [4.78, 5) is 10.9. The molecule has 94 valence electrons. The number of benzene rings is 1. The van der Waals surface area contributed by atoms with E-state index in [2.05, 4.69) is 4.74 Å². The van der Waals surface area contributed by atoms with E-state index < -0.39 is 0 Å². The molecule has 0 aromatic heterocycles. The number of esters is 1. The fourth-order valence-corrected chi connectivity index (χ4v) is 1.16. The van der Waals surface area contributed by atoms with Gasteiger partial charge in [0.25, 0.3) is 0 Å². The summed E-state index contributed by atoms with van der Waals surface area (Å²) < 4.78 is 4.52. The first kappa shape index (κ1) is 13.6. The Morgan fingerprint density at radius 2 is 2.00 bits per heavy atom. The molecule has 3 heteroatoms. The van der Waals surface area contributed by atoms with Crippen LogP contribution in [0.15, 0.2) is 18.2 Å². The van der Waals surface area contributed by atoms with Crippen LogP contribution in [0.3, 0.4) is 0 Å². The number of carbonyl (C=O) groups excluding carboxylic acids is 1. The van der Waals surface area contributed by atoms with E-state index in [0.717, 1.165) is 11.1 Å². The van der Waals surface area contributed by atoms with Gasteiger partial charge in [-0.25, -0.2) is 0 Å². The van der Waals surface area contributed by atoms with Crippen LogP contribution in [0.25, 0.3) is 0 Å². The molecule has 0 aliphatic heterocycles. The van der Waals surface area contributed by atoms with Gasteiger partial charge in [-0.1, -0.05) is 31.4 Å². The Morgan fingerprint density at radius 3 is 2.47 bits per heavy atom. The fraction of sp³-hybridized carbons (Fsp3) is 0.500. The van der Waals surface area contributed by atoms with Crippen LogP contribution in [0, 0.1) is 6.92 Å². The van der Waals surface area contributed by atoms with Crippen molar-refractivity contribution in [3.8, 4) is 5.75 Å². The first-order valence-electron chi connectivity index (χ1n) is 5.99. The second-order valence-electron chi connectivity index (χ2n) is 4.26. The molecule has 0 heterocycles. The molecular formula is C14H20O3. The normalized spacial score (nSPS) is 12.4. The smallest absolute Gasteiger partial charge is 0.305 e. The van der Waals surface area contributed by atoms with Gasteiger partial charge >= 0.3 is 5.97 Å². The van der Waals surface area contributed by atoms with Crippen LogP contribution in [0.1, 0.15) is 36.8 Å². The Balaban J connectivity index is 0.000000415. The maximum absolute atomic E-state index is 10.9. The number of hydrogen-bond acceptors (Lipinski definition) is 3. The quantitative estimate of drug-likeness (QED) is 0.821. The monoisotopic (exact) mass is 236 g/mol. The average Bonchev–Trinajstić information content (AvgIpc) is 3.18. The van der Waals surface area contributed by atoms with Crippen molar-refractivity contribution in [3.63, 3.8) is 0 Å². The lowest BCUT2D eigenvalue weighted by Gasteiger charge is -2.03. The van der Waals surface area contributed by atoms with E-state index in [9.17, 15) is 9.90 Å². The van der Waals surface area contributed by atoms with Crippen molar-refractivity contribution in [2.24, 2.45) is 0 Å². The van der Waals surface area contributed by atoms with Crippen LogP contribution in [0.5, 0.6) is 5.75 Å². The van der Waals surface area contributed by atoms with Gasteiger partial charge in [-0.2, -0.15) is 0 Å². The molecule has 0 spiro atoms. The fourth-order valence-electron chi connectivity index (χ4n) is 1.16. The van der Waals surface area contributed by atoms with Gasteiger partial charge in [-0.3, -0.25) is 4.79 Å². The lowest BCUT2D eigenvalue weighted by Crippen LogP contribution is -2.01. The molecule has 0 bridgehead atoms. The number of phenolic OH excluding ortho intramolecular Hbond substituents is 1. The standard InChI is InChI=1S/C11H14O3.C3H6/c1-8-3-4-9(7-10(8)12)5-6-11(13)14-2;1-2-3-1/h3-4,7,12H,5-6H2,1-2H3;1-3H2. The summed E-state index contributed by atoms with van der Waals surface area (Å²) in [5.41, 5.74) is 1.78. The van der Waals surface area contributed by atoms with E-state index in [4.69, 9.17) is 0 Å². The van der Waals surface area contributed by atoms with E-state index >= 15 is 0 Å². The second-order valence-corrected chi connectivity index (χ2v) is 4.26. The van der Waals surface area contributed by atoms with Gasteiger partial charge in [0.05, 0.1) is 7.11 Å². The van der Waals surface area contributed by atoms with Crippen LogP contribution < -0.4 is 0 Å². The minimum Gasteiger partial charge on any atom is -0.508 e. The van der Waals surface area contributed by atoms with Gasteiger partial charge < -0.3 is 9.84 Å². The highest BCUT2D eigenvalue weighted by molar-refractivity contribution is 5.69. The third kappa shape index (κ3) is 5.95. The summed E-state index contributed by atoms with van der Waals surface area (Å²) in [6.45, 7) is 1.83. The van der Waals surface area contributed by atoms with Gasteiger partial charge in [0.2, 0.25) is 0 Å². The van der Waals surface area contributed by atoms with E-state index in [1.165, 1.54) is 26.4 Å². The second kappa shape index (κ2) is 6.94. The van der Waals surface area contributed by atoms with Crippen molar-refractivity contribution in [1.29, 1.82) is 0 Å². The summed E-state index contributed by atoms with van der Waals surface area (Å²) in [5, 5.41) is 9.41. The highest BCUT2D eigenvalue weighted by Gasteiger charge is 2.03. The molecular weight excluding hydrogens is 216 g/mol. The highest BCUT2D eigenvalue weighted by Crippen LogP contribution is 2.18. The zero-order chi connectivity index (χ0) is 12.7. The molecule has 1 N–H and O–H groups in total. The molecule has 1 aliphatic rings. The Hall–Kier alpha value is -1.51. The molecule has 0 atom stereocenters. The number of phenols is 1. The summed E-state index contributed by atoms with van der Waals surface area (Å²) >= 11 is 0. The van der Waals surface area contributed by atoms with Gasteiger partial charge in [0.15, 0.2) is 0 Å². The van der Waals surface area contributed by atoms with Crippen molar-refractivity contribution in [2.45, 2.75) is 39.0 Å². The number of methoxy groups -OCH3 is 1. The molecule has 1 saturated carbocycles. The number of carbonyl (C=O) groups is 1. The van der Waals surface area contributed by atoms with Crippen LogP contribution in [0.2, 0.25) is 0 Å². The van der Waals surface area contributed by atoms with Crippen molar-refractivity contribution < 1.29 is 14.6 Å².